The molecule has 1 nitrogen and oxygen atoms in total. The summed E-state index contributed by atoms with van der Waals surface area (Å²) in [5, 5.41) is 4.21. The first kappa shape index (κ1) is 14.9. The largest absolute Gasteiger partial charge is 0.381 e. The molecule has 0 saturated heterocycles. The second-order valence-electron chi connectivity index (χ2n) is 4.26. The molecule has 0 atom stereocenters. The van der Waals surface area contributed by atoms with E-state index in [1.165, 1.54) is 16.8 Å². The molecule has 0 aliphatic carbocycles. The fraction of sp³-hybridized carbons (Fsp3) is 0.200. The van der Waals surface area contributed by atoms with Crippen molar-refractivity contribution in [1.29, 1.82) is 0 Å². The van der Waals surface area contributed by atoms with E-state index in [1.54, 1.807) is 0 Å². The highest BCUT2D eigenvalue weighted by Gasteiger charge is 2.03. The van der Waals surface area contributed by atoms with Crippen LogP contribution in [0.25, 0.3) is 0 Å². The van der Waals surface area contributed by atoms with Crippen LogP contribution in [0.4, 0.5) is 5.69 Å². The first-order valence-electron chi connectivity index (χ1n) is 6.06. The topological polar surface area (TPSA) is 12.0 Å². The zero-order chi connectivity index (χ0) is 13.8. The van der Waals surface area contributed by atoms with Crippen molar-refractivity contribution in [1.82, 2.24) is 0 Å². The summed E-state index contributed by atoms with van der Waals surface area (Å²) in [6.45, 7) is 2.94. The number of nitrogens with one attached hydrogen (secondary N) is 1. The summed E-state index contributed by atoms with van der Waals surface area (Å²) in [5.74, 6) is 0. The monoisotopic (exact) mass is 401 g/mol. The number of aryl methyl sites for hydroxylation is 1. The molecule has 0 unspecified atom stereocenters. The van der Waals surface area contributed by atoms with Gasteiger partial charge in [0.15, 0.2) is 0 Å². The standard InChI is InChI=1S/C15H14Br2ClN/c1-2-11-8-12(16)4-6-15(11)19-9-10-3-5-14(18)13(17)7-10/h3-8,19H,2,9H2,1H3. The molecule has 2 aromatic rings. The summed E-state index contributed by atoms with van der Waals surface area (Å²) >= 11 is 12.9. The lowest BCUT2D eigenvalue weighted by Gasteiger charge is -2.12. The van der Waals surface area contributed by atoms with Crippen molar-refractivity contribution in [3.63, 3.8) is 0 Å². The van der Waals surface area contributed by atoms with E-state index in [1.807, 2.05) is 18.2 Å². The predicted molar refractivity (Wildman–Crippen MR) is 90.0 cm³/mol. The molecule has 19 heavy (non-hydrogen) atoms. The smallest absolute Gasteiger partial charge is 0.0548 e. The maximum Gasteiger partial charge on any atom is 0.0548 e. The Morgan fingerprint density at radius 3 is 2.58 bits per heavy atom. The van der Waals surface area contributed by atoms with Crippen molar-refractivity contribution in [2.24, 2.45) is 0 Å². The summed E-state index contributed by atoms with van der Waals surface area (Å²) < 4.78 is 2.05. The van der Waals surface area contributed by atoms with Crippen molar-refractivity contribution in [3.8, 4) is 0 Å². The number of hydrogen-bond acceptors (Lipinski definition) is 1. The van der Waals surface area contributed by atoms with Crippen LogP contribution in [0.1, 0.15) is 18.1 Å². The summed E-state index contributed by atoms with van der Waals surface area (Å²) in [6, 6.07) is 12.3. The minimum Gasteiger partial charge on any atom is -0.381 e. The molecule has 0 heterocycles. The Morgan fingerprint density at radius 1 is 1.11 bits per heavy atom. The molecule has 0 aromatic heterocycles. The van der Waals surface area contributed by atoms with Gasteiger partial charge in [-0.25, -0.2) is 0 Å². The van der Waals surface area contributed by atoms with Crippen molar-refractivity contribution in [2.75, 3.05) is 5.32 Å². The van der Waals surface area contributed by atoms with Gasteiger partial charge in [-0.3, -0.25) is 0 Å². The van der Waals surface area contributed by atoms with E-state index in [4.69, 9.17) is 11.6 Å². The van der Waals surface area contributed by atoms with Gasteiger partial charge in [0.05, 0.1) is 5.02 Å². The Hall–Kier alpha value is -0.510. The van der Waals surface area contributed by atoms with Crippen LogP contribution in [0.2, 0.25) is 5.02 Å². The molecule has 0 aliphatic rings. The van der Waals surface area contributed by atoms with Crippen LogP contribution >= 0.6 is 43.5 Å². The van der Waals surface area contributed by atoms with E-state index in [2.05, 4.69) is 62.3 Å². The molecule has 4 heteroatoms. The zero-order valence-electron chi connectivity index (χ0n) is 10.5. The summed E-state index contributed by atoms with van der Waals surface area (Å²) in [4.78, 5) is 0. The third-order valence-electron chi connectivity index (χ3n) is 2.92. The molecule has 0 saturated carbocycles. The fourth-order valence-corrected chi connectivity index (χ4v) is 2.83. The quantitative estimate of drug-likeness (QED) is 0.656. The van der Waals surface area contributed by atoms with Crippen molar-refractivity contribution < 1.29 is 0 Å². The predicted octanol–water partition coefficient (Wildman–Crippen LogP) is 6.04. The molecular weight excluding hydrogens is 389 g/mol. The summed E-state index contributed by atoms with van der Waals surface area (Å²) in [5.41, 5.74) is 3.68. The van der Waals surface area contributed by atoms with E-state index in [0.717, 1.165) is 26.9 Å². The molecule has 0 aliphatic heterocycles. The lowest BCUT2D eigenvalue weighted by Crippen LogP contribution is -2.02. The van der Waals surface area contributed by atoms with Crippen molar-refractivity contribution in [3.05, 3.63) is 61.5 Å². The molecular formula is C15H14Br2ClN. The van der Waals surface area contributed by atoms with E-state index in [-0.39, 0.29) is 0 Å². The fourth-order valence-electron chi connectivity index (χ4n) is 1.87. The van der Waals surface area contributed by atoms with Crippen LogP contribution in [0, 0.1) is 0 Å². The van der Waals surface area contributed by atoms with Gasteiger partial charge in [-0.15, -0.1) is 0 Å². The van der Waals surface area contributed by atoms with Gasteiger partial charge in [0, 0.05) is 21.2 Å². The average molecular weight is 404 g/mol. The molecule has 100 valence electrons. The average Bonchev–Trinajstić information content (AvgIpc) is 2.41. The molecule has 0 amide bonds. The van der Waals surface area contributed by atoms with Gasteiger partial charge in [-0.2, -0.15) is 0 Å². The van der Waals surface area contributed by atoms with Crippen LogP contribution in [-0.2, 0) is 13.0 Å². The zero-order valence-corrected chi connectivity index (χ0v) is 14.4. The molecule has 0 radical (unpaired) electrons. The summed E-state index contributed by atoms with van der Waals surface area (Å²) in [6.07, 6.45) is 1.01. The molecule has 0 fully saturated rings. The van der Waals surface area contributed by atoms with Gasteiger partial charge in [0.1, 0.15) is 0 Å². The third-order valence-corrected chi connectivity index (χ3v) is 4.62. The molecule has 2 aromatic carbocycles. The van der Waals surface area contributed by atoms with Gasteiger partial charge in [-0.05, 0) is 63.8 Å². The Morgan fingerprint density at radius 2 is 1.89 bits per heavy atom. The van der Waals surface area contributed by atoms with Crippen LogP contribution in [0.3, 0.4) is 0 Å². The highest BCUT2D eigenvalue weighted by Crippen LogP contribution is 2.25. The minimum absolute atomic E-state index is 0.738. The first-order valence-corrected chi connectivity index (χ1v) is 8.02. The van der Waals surface area contributed by atoms with Crippen molar-refractivity contribution >= 4 is 49.1 Å². The lowest BCUT2D eigenvalue weighted by atomic mass is 10.1. The Bertz CT molecular complexity index is 584. The number of rotatable bonds is 4. The van der Waals surface area contributed by atoms with E-state index in [9.17, 15) is 0 Å². The first-order chi connectivity index (χ1) is 9.10. The third kappa shape index (κ3) is 3.98. The number of benzene rings is 2. The van der Waals surface area contributed by atoms with Gasteiger partial charge < -0.3 is 5.32 Å². The second-order valence-corrected chi connectivity index (χ2v) is 6.43. The van der Waals surface area contributed by atoms with Gasteiger partial charge in [-0.1, -0.05) is 40.5 Å². The highest BCUT2D eigenvalue weighted by molar-refractivity contribution is 9.10. The Labute approximate surface area is 135 Å². The van der Waals surface area contributed by atoms with Gasteiger partial charge in [0.25, 0.3) is 0 Å². The molecule has 0 bridgehead atoms. The highest BCUT2D eigenvalue weighted by atomic mass is 79.9. The van der Waals surface area contributed by atoms with Crippen LogP contribution < -0.4 is 5.32 Å². The minimum atomic E-state index is 0.738. The van der Waals surface area contributed by atoms with E-state index in [0.29, 0.717) is 0 Å². The Balaban J connectivity index is 2.12. The molecule has 2 rings (SSSR count). The molecule has 1 N–H and O–H groups in total. The number of hydrogen-bond donors (Lipinski definition) is 1. The number of halogens is 3. The lowest BCUT2D eigenvalue weighted by molar-refractivity contribution is 1.09. The normalized spacial score (nSPS) is 10.5. The maximum atomic E-state index is 5.99. The SMILES string of the molecule is CCc1cc(Br)ccc1NCc1ccc(Cl)c(Br)c1. The van der Waals surface area contributed by atoms with Gasteiger partial charge >= 0.3 is 0 Å². The number of anilines is 1. The summed E-state index contributed by atoms with van der Waals surface area (Å²) in [7, 11) is 0. The molecule has 0 spiro atoms. The van der Waals surface area contributed by atoms with E-state index < -0.39 is 0 Å². The van der Waals surface area contributed by atoms with Crippen LogP contribution in [0.15, 0.2) is 45.3 Å². The van der Waals surface area contributed by atoms with Gasteiger partial charge in [0.2, 0.25) is 0 Å². The maximum absolute atomic E-state index is 5.99. The van der Waals surface area contributed by atoms with Crippen LogP contribution in [-0.4, -0.2) is 0 Å². The van der Waals surface area contributed by atoms with Crippen LogP contribution in [0.5, 0.6) is 0 Å². The second kappa shape index (κ2) is 6.78. The van der Waals surface area contributed by atoms with Crippen molar-refractivity contribution in [2.45, 2.75) is 19.9 Å². The van der Waals surface area contributed by atoms with E-state index >= 15 is 0 Å². The Kier molecular flexibility index (Phi) is 5.31.